The second-order valence-corrected chi connectivity index (χ2v) is 9.63. The number of thioether (sulfide) groups is 1. The molecule has 0 unspecified atom stereocenters. The smallest absolute Gasteiger partial charge is 0.253 e. The fraction of sp³-hybridized carbons (Fsp3) is 0.391. The zero-order chi connectivity index (χ0) is 19.8. The molecule has 0 atom stereocenters. The molecule has 0 saturated carbocycles. The predicted molar refractivity (Wildman–Crippen MR) is 123 cm³/mol. The normalized spacial score (nSPS) is 16.9. The number of piperazine rings is 1. The Bertz CT molecular complexity index is 1050. The van der Waals surface area contributed by atoms with E-state index >= 15 is 0 Å². The van der Waals surface area contributed by atoms with Crippen LogP contribution in [0.2, 0.25) is 0 Å². The van der Waals surface area contributed by atoms with Crippen molar-refractivity contribution in [2.75, 3.05) is 37.3 Å². The van der Waals surface area contributed by atoms with Crippen LogP contribution >= 0.6 is 23.1 Å². The molecule has 1 aliphatic heterocycles. The second kappa shape index (κ2) is 8.00. The van der Waals surface area contributed by atoms with Crippen LogP contribution in [0.1, 0.15) is 34.3 Å². The minimum absolute atomic E-state index is 0.173. The van der Waals surface area contributed by atoms with Crippen molar-refractivity contribution in [1.29, 1.82) is 0 Å². The Morgan fingerprint density at radius 1 is 1.03 bits per heavy atom. The van der Waals surface area contributed by atoms with Gasteiger partial charge >= 0.3 is 0 Å². The van der Waals surface area contributed by atoms with Crippen LogP contribution in [0.25, 0.3) is 10.2 Å². The highest BCUT2D eigenvalue weighted by Gasteiger charge is 2.25. The molecule has 150 valence electrons. The summed E-state index contributed by atoms with van der Waals surface area (Å²) in [5.74, 6) is 0.173. The van der Waals surface area contributed by atoms with Crippen LogP contribution in [-0.2, 0) is 12.8 Å². The molecule has 4 nitrogen and oxygen atoms in total. The molecule has 1 fully saturated rings. The average Bonchev–Trinajstić information content (AvgIpc) is 3.23. The molecule has 1 saturated heterocycles. The standard InChI is InChI=1S/C23H25N3OS2/c1-28-19-7-4-8-20-21(19)24-23(29-20)26-13-11-25(12-14-26)22(27)18-10-9-16-5-2-3-6-17(16)15-18/h4,7-10,15H,2-3,5-6,11-14H2,1H3. The van der Waals surface area contributed by atoms with Crippen molar-refractivity contribution in [2.24, 2.45) is 0 Å². The van der Waals surface area contributed by atoms with Gasteiger partial charge in [0, 0.05) is 36.6 Å². The molecule has 5 rings (SSSR count). The largest absolute Gasteiger partial charge is 0.345 e. The van der Waals surface area contributed by atoms with Crippen molar-refractivity contribution < 1.29 is 4.79 Å². The third-order valence-corrected chi connectivity index (χ3v) is 7.87. The first-order valence-corrected chi connectivity index (χ1v) is 12.4. The van der Waals surface area contributed by atoms with Gasteiger partial charge in [-0.15, -0.1) is 11.8 Å². The number of aromatic nitrogens is 1. The van der Waals surface area contributed by atoms with Crippen LogP contribution in [0.4, 0.5) is 5.13 Å². The Kier molecular flexibility index (Phi) is 5.22. The Balaban J connectivity index is 1.28. The van der Waals surface area contributed by atoms with E-state index in [0.29, 0.717) is 0 Å². The maximum atomic E-state index is 13.0. The third-order valence-electron chi connectivity index (χ3n) is 6.02. The molecule has 29 heavy (non-hydrogen) atoms. The van der Waals surface area contributed by atoms with Crippen molar-refractivity contribution in [3.05, 3.63) is 53.1 Å². The van der Waals surface area contributed by atoms with Gasteiger partial charge in [0.1, 0.15) is 0 Å². The van der Waals surface area contributed by atoms with E-state index in [2.05, 4.69) is 41.5 Å². The molecule has 0 radical (unpaired) electrons. The van der Waals surface area contributed by atoms with E-state index in [1.165, 1.54) is 33.6 Å². The molecule has 1 aliphatic carbocycles. The van der Waals surface area contributed by atoms with E-state index in [0.717, 1.165) is 55.2 Å². The number of amides is 1. The van der Waals surface area contributed by atoms with Crippen LogP contribution in [0.15, 0.2) is 41.3 Å². The highest BCUT2D eigenvalue weighted by Crippen LogP contribution is 2.34. The average molecular weight is 424 g/mol. The SMILES string of the molecule is CSc1cccc2sc(N3CCN(C(=O)c4ccc5c(c4)CCCC5)CC3)nc12. The summed E-state index contributed by atoms with van der Waals surface area (Å²) in [6.45, 7) is 3.18. The lowest BCUT2D eigenvalue weighted by Gasteiger charge is -2.34. The first kappa shape index (κ1) is 18.9. The summed E-state index contributed by atoms with van der Waals surface area (Å²) in [5, 5.41) is 1.07. The van der Waals surface area contributed by atoms with Crippen molar-refractivity contribution in [2.45, 2.75) is 30.6 Å². The lowest BCUT2D eigenvalue weighted by Crippen LogP contribution is -2.48. The Morgan fingerprint density at radius 3 is 2.62 bits per heavy atom. The van der Waals surface area contributed by atoms with Gasteiger partial charge in [0.25, 0.3) is 5.91 Å². The first-order valence-electron chi connectivity index (χ1n) is 10.3. The number of para-hydroxylation sites is 1. The van der Waals surface area contributed by atoms with Gasteiger partial charge in [0.15, 0.2) is 5.13 Å². The Hall–Kier alpha value is -2.05. The van der Waals surface area contributed by atoms with E-state index in [4.69, 9.17) is 4.98 Å². The molecular formula is C23H25N3OS2. The summed E-state index contributed by atoms with van der Waals surface area (Å²) in [7, 11) is 0. The lowest BCUT2D eigenvalue weighted by molar-refractivity contribution is 0.0746. The fourth-order valence-electron chi connectivity index (χ4n) is 4.36. The number of anilines is 1. The lowest BCUT2D eigenvalue weighted by atomic mass is 9.90. The van der Waals surface area contributed by atoms with Crippen molar-refractivity contribution in [1.82, 2.24) is 9.88 Å². The molecule has 1 amide bonds. The highest BCUT2D eigenvalue weighted by molar-refractivity contribution is 7.98. The molecule has 2 aromatic carbocycles. The number of thiazole rings is 1. The summed E-state index contributed by atoms with van der Waals surface area (Å²) in [5.41, 5.74) is 4.76. The highest BCUT2D eigenvalue weighted by atomic mass is 32.2. The van der Waals surface area contributed by atoms with E-state index in [-0.39, 0.29) is 5.91 Å². The Morgan fingerprint density at radius 2 is 1.83 bits per heavy atom. The number of rotatable bonds is 3. The van der Waals surface area contributed by atoms with Gasteiger partial charge in [-0.3, -0.25) is 4.79 Å². The third kappa shape index (κ3) is 3.64. The molecule has 2 heterocycles. The Labute approximate surface area is 179 Å². The van der Waals surface area contributed by atoms with Crippen LogP contribution in [0.3, 0.4) is 0 Å². The minimum atomic E-state index is 0.173. The van der Waals surface area contributed by atoms with Gasteiger partial charge in [-0.25, -0.2) is 4.98 Å². The van der Waals surface area contributed by atoms with Gasteiger partial charge in [0.05, 0.1) is 10.2 Å². The van der Waals surface area contributed by atoms with Gasteiger partial charge in [0.2, 0.25) is 0 Å². The number of nitrogens with zero attached hydrogens (tertiary/aromatic N) is 3. The first-order chi connectivity index (χ1) is 14.2. The number of hydrogen-bond donors (Lipinski definition) is 0. The summed E-state index contributed by atoms with van der Waals surface area (Å²) in [6, 6.07) is 12.7. The zero-order valence-electron chi connectivity index (χ0n) is 16.7. The van der Waals surface area contributed by atoms with Crippen molar-refractivity contribution in [3.63, 3.8) is 0 Å². The molecule has 0 spiro atoms. The van der Waals surface area contributed by atoms with E-state index in [9.17, 15) is 4.79 Å². The fourth-order valence-corrected chi connectivity index (χ4v) is 6.03. The van der Waals surface area contributed by atoms with E-state index < -0.39 is 0 Å². The number of carbonyl (C=O) groups excluding carboxylic acids is 1. The summed E-state index contributed by atoms with van der Waals surface area (Å²) in [6.07, 6.45) is 6.87. The number of carbonyl (C=O) groups is 1. The van der Waals surface area contributed by atoms with Crippen LogP contribution in [0.5, 0.6) is 0 Å². The molecule has 2 aliphatic rings. The van der Waals surface area contributed by atoms with Gasteiger partial charge in [-0.2, -0.15) is 0 Å². The van der Waals surface area contributed by atoms with Crippen LogP contribution < -0.4 is 4.90 Å². The van der Waals surface area contributed by atoms with Gasteiger partial charge in [-0.1, -0.05) is 23.5 Å². The molecular weight excluding hydrogens is 398 g/mol. The van der Waals surface area contributed by atoms with Crippen molar-refractivity contribution >= 4 is 44.4 Å². The number of hydrogen-bond acceptors (Lipinski definition) is 5. The van der Waals surface area contributed by atoms with Crippen molar-refractivity contribution in [3.8, 4) is 0 Å². The molecule has 3 aromatic rings. The summed E-state index contributed by atoms with van der Waals surface area (Å²) < 4.78 is 1.24. The van der Waals surface area contributed by atoms with Gasteiger partial charge in [-0.05, 0) is 67.3 Å². The van der Waals surface area contributed by atoms with E-state index in [1.807, 2.05) is 11.0 Å². The van der Waals surface area contributed by atoms with E-state index in [1.54, 1.807) is 23.1 Å². The van der Waals surface area contributed by atoms with Crippen LogP contribution in [-0.4, -0.2) is 48.2 Å². The quantitative estimate of drug-likeness (QED) is 0.564. The second-order valence-electron chi connectivity index (χ2n) is 7.77. The van der Waals surface area contributed by atoms with Crippen LogP contribution in [0, 0.1) is 0 Å². The van der Waals surface area contributed by atoms with Gasteiger partial charge < -0.3 is 9.80 Å². The number of fused-ring (bicyclic) bond motifs is 2. The summed E-state index contributed by atoms with van der Waals surface area (Å²) >= 11 is 3.50. The molecule has 6 heteroatoms. The maximum absolute atomic E-state index is 13.0. The number of benzene rings is 2. The molecule has 1 aromatic heterocycles. The molecule has 0 N–H and O–H groups in total. The number of aryl methyl sites for hydroxylation is 2. The zero-order valence-corrected chi connectivity index (χ0v) is 18.3. The monoisotopic (exact) mass is 423 g/mol. The summed E-state index contributed by atoms with van der Waals surface area (Å²) in [4.78, 5) is 23.5. The molecule has 0 bridgehead atoms. The topological polar surface area (TPSA) is 36.4 Å². The predicted octanol–water partition coefficient (Wildman–Crippen LogP) is 4.86. The maximum Gasteiger partial charge on any atom is 0.253 e. The minimum Gasteiger partial charge on any atom is -0.345 e.